The molecule has 0 aliphatic carbocycles. The van der Waals surface area contributed by atoms with Crippen molar-refractivity contribution < 1.29 is 19.8 Å². The Bertz CT molecular complexity index is 588. The van der Waals surface area contributed by atoms with Crippen molar-refractivity contribution in [1.29, 1.82) is 0 Å². The molecule has 0 fully saturated rings. The lowest BCUT2D eigenvalue weighted by molar-refractivity contribution is -0.138. The molecule has 6 heteroatoms. The van der Waals surface area contributed by atoms with E-state index in [0.717, 1.165) is 5.69 Å². The fourth-order valence-corrected chi connectivity index (χ4v) is 1.54. The van der Waals surface area contributed by atoms with Crippen LogP contribution in [0.15, 0.2) is 60.7 Å². The molecule has 0 saturated heterocycles. The molecule has 0 aromatic heterocycles. The zero-order chi connectivity index (χ0) is 16.4. The number of carboxylic acids is 2. The molecule has 0 saturated carbocycles. The maximum atomic E-state index is 10.4. The van der Waals surface area contributed by atoms with Gasteiger partial charge in [0.05, 0.1) is 0 Å². The van der Waals surface area contributed by atoms with E-state index in [9.17, 15) is 9.59 Å². The molecule has 0 amide bonds. The minimum Gasteiger partial charge on any atom is -0.480 e. The van der Waals surface area contributed by atoms with Crippen LogP contribution in [-0.2, 0) is 9.59 Å². The minimum absolute atomic E-state index is 0.0377. The molecule has 1 atom stereocenters. The zero-order valence-electron chi connectivity index (χ0n) is 11.8. The standard InChI is InChI=1S/2C8H9NO2/c10-8(11)6-9-7-4-2-1-3-5-7;9-7(8(10)11)6-4-2-1-3-5-6/h1-5,9H,6H2,(H,10,11);1-5,7H,9H2,(H,10,11). The number of hydrogen-bond donors (Lipinski definition) is 4. The summed E-state index contributed by atoms with van der Waals surface area (Å²) in [7, 11) is 0. The van der Waals surface area contributed by atoms with E-state index in [4.69, 9.17) is 15.9 Å². The van der Waals surface area contributed by atoms with E-state index in [1.807, 2.05) is 36.4 Å². The summed E-state index contributed by atoms with van der Waals surface area (Å²) in [6, 6.07) is 17.1. The van der Waals surface area contributed by atoms with E-state index in [-0.39, 0.29) is 6.54 Å². The van der Waals surface area contributed by atoms with Gasteiger partial charge in [0, 0.05) is 5.69 Å². The second-order valence-electron chi connectivity index (χ2n) is 4.34. The largest absolute Gasteiger partial charge is 0.480 e. The second-order valence-corrected chi connectivity index (χ2v) is 4.34. The molecule has 22 heavy (non-hydrogen) atoms. The predicted octanol–water partition coefficient (Wildman–Crippen LogP) is 1.95. The summed E-state index contributed by atoms with van der Waals surface area (Å²) in [6.07, 6.45) is 0. The Morgan fingerprint density at radius 1 is 0.955 bits per heavy atom. The topological polar surface area (TPSA) is 113 Å². The normalized spacial score (nSPS) is 10.8. The first-order valence-electron chi connectivity index (χ1n) is 6.54. The van der Waals surface area contributed by atoms with E-state index in [1.165, 1.54) is 0 Å². The predicted molar refractivity (Wildman–Crippen MR) is 83.6 cm³/mol. The molecule has 2 aromatic rings. The Morgan fingerprint density at radius 2 is 1.45 bits per heavy atom. The number of aliphatic carboxylic acids is 2. The van der Waals surface area contributed by atoms with Crippen LogP contribution in [0.3, 0.4) is 0 Å². The van der Waals surface area contributed by atoms with Gasteiger partial charge in [0.25, 0.3) is 0 Å². The van der Waals surface area contributed by atoms with Gasteiger partial charge in [0.1, 0.15) is 12.6 Å². The fraction of sp³-hybridized carbons (Fsp3) is 0.125. The molecule has 0 spiro atoms. The summed E-state index contributed by atoms with van der Waals surface area (Å²) in [5, 5.41) is 19.6. The maximum Gasteiger partial charge on any atom is 0.325 e. The first-order chi connectivity index (χ1) is 10.5. The van der Waals surface area contributed by atoms with Gasteiger partial charge in [-0.2, -0.15) is 0 Å². The van der Waals surface area contributed by atoms with Crippen LogP contribution in [0, 0.1) is 0 Å². The number of carboxylic acid groups (broad SMARTS) is 2. The lowest BCUT2D eigenvalue weighted by atomic mass is 10.1. The van der Waals surface area contributed by atoms with Crippen LogP contribution < -0.4 is 11.1 Å². The SMILES string of the molecule is NC(C(=O)O)c1ccccc1.O=C(O)CNc1ccccc1. The highest BCUT2D eigenvalue weighted by Gasteiger charge is 2.12. The Morgan fingerprint density at radius 3 is 1.91 bits per heavy atom. The van der Waals surface area contributed by atoms with Gasteiger partial charge in [-0.25, -0.2) is 0 Å². The highest BCUT2D eigenvalue weighted by atomic mass is 16.4. The second kappa shape index (κ2) is 9.15. The summed E-state index contributed by atoms with van der Waals surface area (Å²) in [5.74, 6) is -1.86. The van der Waals surface area contributed by atoms with E-state index in [2.05, 4.69) is 5.32 Å². The molecule has 2 rings (SSSR count). The van der Waals surface area contributed by atoms with Gasteiger partial charge in [-0.05, 0) is 17.7 Å². The van der Waals surface area contributed by atoms with Gasteiger partial charge >= 0.3 is 11.9 Å². The van der Waals surface area contributed by atoms with Crippen molar-refractivity contribution in [1.82, 2.24) is 0 Å². The summed E-state index contributed by atoms with van der Waals surface area (Å²) in [6.45, 7) is -0.0377. The van der Waals surface area contributed by atoms with Crippen molar-refractivity contribution in [3.63, 3.8) is 0 Å². The molecule has 1 unspecified atom stereocenters. The highest BCUT2D eigenvalue weighted by Crippen LogP contribution is 2.08. The van der Waals surface area contributed by atoms with Crippen molar-refractivity contribution in [2.24, 2.45) is 5.73 Å². The van der Waals surface area contributed by atoms with Gasteiger partial charge in [-0.3, -0.25) is 9.59 Å². The van der Waals surface area contributed by atoms with Crippen LogP contribution in [0.5, 0.6) is 0 Å². The number of nitrogens with two attached hydrogens (primary N) is 1. The number of anilines is 1. The van der Waals surface area contributed by atoms with Crippen molar-refractivity contribution in [2.75, 3.05) is 11.9 Å². The summed E-state index contributed by atoms with van der Waals surface area (Å²) in [5.41, 5.74) is 6.79. The lowest BCUT2D eigenvalue weighted by Gasteiger charge is -2.04. The van der Waals surface area contributed by atoms with Gasteiger partial charge in [-0.15, -0.1) is 0 Å². The molecular weight excluding hydrogens is 284 g/mol. The monoisotopic (exact) mass is 302 g/mol. The molecule has 116 valence electrons. The number of nitrogens with one attached hydrogen (secondary N) is 1. The van der Waals surface area contributed by atoms with Crippen molar-refractivity contribution in [3.8, 4) is 0 Å². The summed E-state index contributed by atoms with van der Waals surface area (Å²) < 4.78 is 0. The van der Waals surface area contributed by atoms with E-state index >= 15 is 0 Å². The Hall–Kier alpha value is -2.86. The van der Waals surface area contributed by atoms with Crippen molar-refractivity contribution in [2.45, 2.75) is 6.04 Å². The van der Waals surface area contributed by atoms with Gasteiger partial charge in [-0.1, -0.05) is 48.5 Å². The van der Waals surface area contributed by atoms with Gasteiger partial charge < -0.3 is 21.3 Å². The average Bonchev–Trinajstić information content (AvgIpc) is 2.54. The van der Waals surface area contributed by atoms with Crippen LogP contribution in [0.4, 0.5) is 5.69 Å². The van der Waals surface area contributed by atoms with Crippen LogP contribution in [-0.4, -0.2) is 28.7 Å². The Kier molecular flexibility index (Phi) is 7.15. The smallest absolute Gasteiger partial charge is 0.325 e. The van der Waals surface area contributed by atoms with Crippen LogP contribution in [0.2, 0.25) is 0 Å². The fourth-order valence-electron chi connectivity index (χ4n) is 1.54. The van der Waals surface area contributed by atoms with Crippen LogP contribution in [0.1, 0.15) is 11.6 Å². The van der Waals surface area contributed by atoms with Crippen molar-refractivity contribution >= 4 is 17.6 Å². The maximum absolute atomic E-state index is 10.4. The summed E-state index contributed by atoms with van der Waals surface area (Å²) >= 11 is 0. The van der Waals surface area contributed by atoms with Crippen LogP contribution >= 0.6 is 0 Å². The van der Waals surface area contributed by atoms with E-state index in [0.29, 0.717) is 5.56 Å². The molecule has 6 nitrogen and oxygen atoms in total. The molecular formula is C16H18N2O4. The number of carbonyl (C=O) groups is 2. The lowest BCUT2D eigenvalue weighted by Crippen LogP contribution is -2.20. The first-order valence-corrected chi connectivity index (χ1v) is 6.54. The van der Waals surface area contributed by atoms with Crippen LogP contribution in [0.25, 0.3) is 0 Å². The van der Waals surface area contributed by atoms with Crippen molar-refractivity contribution in [3.05, 3.63) is 66.2 Å². The quantitative estimate of drug-likeness (QED) is 0.671. The average molecular weight is 302 g/mol. The minimum atomic E-state index is -1.00. The molecule has 0 aliphatic rings. The first kappa shape index (κ1) is 17.2. The number of benzene rings is 2. The number of hydrogen-bond acceptors (Lipinski definition) is 4. The molecule has 5 N–H and O–H groups in total. The number of rotatable bonds is 5. The summed E-state index contributed by atoms with van der Waals surface area (Å²) in [4.78, 5) is 20.5. The molecule has 0 radical (unpaired) electrons. The molecule has 0 aliphatic heterocycles. The number of para-hydroxylation sites is 1. The third-order valence-electron chi connectivity index (χ3n) is 2.64. The van der Waals surface area contributed by atoms with E-state index in [1.54, 1.807) is 24.3 Å². The Balaban J connectivity index is 0.000000220. The molecule has 2 aromatic carbocycles. The van der Waals surface area contributed by atoms with Gasteiger partial charge in [0.15, 0.2) is 0 Å². The van der Waals surface area contributed by atoms with E-state index < -0.39 is 18.0 Å². The molecule has 0 heterocycles. The third-order valence-corrected chi connectivity index (χ3v) is 2.64. The Labute approximate surface area is 128 Å². The molecule has 0 bridgehead atoms. The zero-order valence-corrected chi connectivity index (χ0v) is 11.8. The highest BCUT2D eigenvalue weighted by molar-refractivity contribution is 5.75. The van der Waals surface area contributed by atoms with Gasteiger partial charge in [0.2, 0.25) is 0 Å². The third kappa shape index (κ3) is 6.53.